The van der Waals surface area contributed by atoms with Gasteiger partial charge in [-0.15, -0.1) is 17.6 Å². The molecule has 17 heteroatoms. The number of halogens is 12. The van der Waals surface area contributed by atoms with E-state index in [1.54, 1.807) is 12.1 Å². The van der Waals surface area contributed by atoms with Gasteiger partial charge in [0.2, 0.25) is 0 Å². The summed E-state index contributed by atoms with van der Waals surface area (Å²) in [5.41, 5.74) is 0. The zero-order chi connectivity index (χ0) is 26.1. The number of hydrogen-bond acceptors (Lipinski definition) is 4. The highest BCUT2D eigenvalue weighted by Gasteiger charge is 2.71. The summed E-state index contributed by atoms with van der Waals surface area (Å²) in [5, 5.41) is 0. The predicted molar refractivity (Wildman–Crippen MR) is 82.8 cm³/mol. The third-order valence-corrected chi connectivity index (χ3v) is 7.83. The van der Waals surface area contributed by atoms with E-state index in [1.807, 2.05) is 0 Å². The van der Waals surface area contributed by atoms with Gasteiger partial charge in [-0.2, -0.15) is 26.3 Å². The Balaban J connectivity index is 0.000000517. The molecule has 0 heterocycles. The summed E-state index contributed by atoms with van der Waals surface area (Å²) in [6.07, 6.45) is -10.9. The van der Waals surface area contributed by atoms with Crippen LogP contribution in [-0.2, 0) is 10.4 Å². The van der Waals surface area contributed by atoms with E-state index in [9.17, 15) is 43.9 Å². The average molecular weight is 742 g/mol. The second kappa shape index (κ2) is 12.7. The largest absolute Gasteiger partial charge is 0.759 e. The van der Waals surface area contributed by atoms with Gasteiger partial charge in [0, 0.05) is 10.4 Å². The van der Waals surface area contributed by atoms with Crippen molar-refractivity contribution in [3.63, 3.8) is 0 Å². The van der Waals surface area contributed by atoms with Crippen molar-refractivity contribution in [3.8, 4) is 0 Å². The standard InChI is InChI=1S/2C8H5F5I.H2O4S/c2*9-7(10,11)8(12,13)14-6-4-2-1-3-5-6;1-5(2,3)4/h2*1-5H;(H2,1,2,3,4)/q2*+1;/p-2. The maximum Gasteiger partial charge on any atom is 0.543 e. The van der Waals surface area contributed by atoms with Crippen molar-refractivity contribution in [3.05, 3.63) is 67.8 Å². The zero-order valence-corrected chi connectivity index (χ0v) is 20.5. The van der Waals surface area contributed by atoms with Gasteiger partial charge in [0.05, 0.1) is 0 Å². The Hall–Kier alpha value is -0.930. The molecule has 0 bridgehead atoms. The van der Waals surface area contributed by atoms with Crippen LogP contribution in [0.4, 0.5) is 43.9 Å². The average Bonchev–Trinajstić information content (AvgIpc) is 2.60. The predicted octanol–water partition coefficient (Wildman–Crippen LogP) is -1.14. The summed E-state index contributed by atoms with van der Waals surface area (Å²) in [7, 11) is -5.17. The van der Waals surface area contributed by atoms with Gasteiger partial charge in [0.25, 0.3) is 0 Å². The molecule has 0 atom stereocenters. The summed E-state index contributed by atoms with van der Waals surface area (Å²) in [5.74, 6) is 0. The summed E-state index contributed by atoms with van der Waals surface area (Å²) in [6, 6.07) is 14.1. The summed E-state index contributed by atoms with van der Waals surface area (Å²) in [4.78, 5) is 0. The molecule has 0 aliphatic carbocycles. The molecule has 0 amide bonds. The molecular weight excluding hydrogens is 732 g/mol. The van der Waals surface area contributed by atoms with E-state index in [4.69, 9.17) is 17.5 Å². The quantitative estimate of drug-likeness (QED) is 0.131. The fourth-order valence-corrected chi connectivity index (χ4v) is 5.06. The van der Waals surface area contributed by atoms with Gasteiger partial charge in [0.1, 0.15) is 0 Å². The van der Waals surface area contributed by atoms with Crippen LogP contribution in [0.5, 0.6) is 0 Å². The van der Waals surface area contributed by atoms with Gasteiger partial charge in [-0.3, -0.25) is 8.42 Å². The third kappa shape index (κ3) is 14.2. The van der Waals surface area contributed by atoms with Crippen molar-refractivity contribution in [1.82, 2.24) is 0 Å². The van der Waals surface area contributed by atoms with E-state index < -0.39 is 73.0 Å². The van der Waals surface area contributed by atoms with E-state index in [-0.39, 0.29) is 7.14 Å². The van der Waals surface area contributed by atoms with Gasteiger partial charge < -0.3 is 9.11 Å². The number of alkyl halides is 12. The van der Waals surface area contributed by atoms with Crippen molar-refractivity contribution in [2.24, 2.45) is 0 Å². The molecule has 2 aromatic carbocycles. The lowest BCUT2D eigenvalue weighted by Gasteiger charge is -2.07. The summed E-state index contributed by atoms with van der Waals surface area (Å²) < 4.78 is 146. The molecule has 4 nitrogen and oxygen atoms in total. The Bertz CT molecular complexity index is 866. The Morgan fingerprint density at radius 2 is 0.758 bits per heavy atom. The molecule has 2 aromatic rings. The van der Waals surface area contributed by atoms with Gasteiger partial charge in [-0.1, -0.05) is 36.4 Å². The van der Waals surface area contributed by atoms with Crippen molar-refractivity contribution in [1.29, 1.82) is 0 Å². The van der Waals surface area contributed by atoms with Crippen LogP contribution in [0.1, 0.15) is 0 Å². The number of hydrogen-bond donors (Lipinski definition) is 0. The monoisotopic (exact) mass is 742 g/mol. The molecule has 33 heavy (non-hydrogen) atoms. The van der Waals surface area contributed by atoms with Crippen LogP contribution in [0.2, 0.25) is 0 Å². The topological polar surface area (TPSA) is 80.3 Å². The van der Waals surface area contributed by atoms with Crippen LogP contribution in [0.3, 0.4) is 0 Å². The molecule has 0 N–H and O–H groups in total. The Morgan fingerprint density at radius 3 is 0.939 bits per heavy atom. The highest BCUT2D eigenvalue weighted by atomic mass is 127. The van der Waals surface area contributed by atoms with Crippen molar-refractivity contribution in [2.75, 3.05) is 0 Å². The third-order valence-electron chi connectivity index (χ3n) is 2.56. The van der Waals surface area contributed by atoms with Crippen molar-refractivity contribution < 1.29 is 104 Å². The Kier molecular flexibility index (Phi) is 12.3. The fraction of sp³-hybridized carbons (Fsp3) is 0.250. The zero-order valence-electron chi connectivity index (χ0n) is 15.4. The van der Waals surface area contributed by atoms with Gasteiger partial charge in [0.15, 0.2) is 7.14 Å². The van der Waals surface area contributed by atoms with Gasteiger partial charge in [-0.05, 0) is 24.3 Å². The lowest BCUT2D eigenvalue weighted by atomic mass is 10.4. The summed E-state index contributed by atoms with van der Waals surface area (Å²) in [6.45, 7) is 0. The molecule has 0 fully saturated rings. The summed E-state index contributed by atoms with van der Waals surface area (Å²) >= 11 is -4.74. The molecule has 0 spiro atoms. The van der Waals surface area contributed by atoms with E-state index in [0.29, 0.717) is 0 Å². The lowest BCUT2D eigenvalue weighted by Crippen LogP contribution is -3.68. The van der Waals surface area contributed by atoms with Crippen LogP contribution in [0, 0.1) is 7.14 Å². The van der Waals surface area contributed by atoms with Crippen LogP contribution in [-0.4, -0.2) is 37.7 Å². The molecule has 0 aliphatic rings. The first-order chi connectivity index (χ1) is 14.7. The first-order valence-corrected chi connectivity index (χ1v) is 13.3. The molecule has 0 aliphatic heterocycles. The van der Waals surface area contributed by atoms with Crippen LogP contribution < -0.4 is 42.4 Å². The molecule has 188 valence electrons. The molecule has 0 unspecified atom stereocenters. The number of rotatable bonds is 4. The highest BCUT2D eigenvalue weighted by Crippen LogP contribution is 2.28. The number of benzene rings is 2. The van der Waals surface area contributed by atoms with Gasteiger partial charge in [-0.25, -0.2) is 0 Å². The molecule has 0 radical (unpaired) electrons. The second-order valence-electron chi connectivity index (χ2n) is 5.18. The minimum absolute atomic E-state index is 0.0774. The first-order valence-electron chi connectivity index (χ1n) is 7.63. The molecule has 0 saturated carbocycles. The van der Waals surface area contributed by atoms with Crippen molar-refractivity contribution >= 4 is 10.4 Å². The molecule has 0 aromatic heterocycles. The molecule has 2 rings (SSSR count). The van der Waals surface area contributed by atoms with Crippen molar-refractivity contribution in [2.45, 2.75) is 20.2 Å². The molecule has 0 saturated heterocycles. The second-order valence-corrected chi connectivity index (χ2v) is 12.3. The van der Waals surface area contributed by atoms with E-state index in [0.717, 1.165) is 0 Å². The molecular formula is C16H10F10I2O4S. The maximum absolute atomic E-state index is 12.5. The van der Waals surface area contributed by atoms with E-state index >= 15 is 0 Å². The normalized spacial score (nSPS) is 12.7. The Labute approximate surface area is 201 Å². The minimum atomic E-state index is -5.43. The van der Waals surface area contributed by atoms with Crippen LogP contribution in [0.15, 0.2) is 60.7 Å². The lowest BCUT2D eigenvalue weighted by molar-refractivity contribution is -0.791. The maximum atomic E-state index is 12.5. The van der Waals surface area contributed by atoms with E-state index in [1.165, 1.54) is 48.5 Å². The van der Waals surface area contributed by atoms with Crippen LogP contribution >= 0.6 is 0 Å². The highest BCUT2D eigenvalue weighted by molar-refractivity contribution is 7.79. The Morgan fingerprint density at radius 1 is 0.545 bits per heavy atom. The SMILES string of the molecule is FC(F)(F)C(F)(F)[I+]c1ccccc1.FC(F)(F)C(F)(F)[I+]c1ccccc1.O=S(=O)([O-])[O-]. The first kappa shape index (κ1) is 32.1. The minimum Gasteiger partial charge on any atom is -0.759 e. The smallest absolute Gasteiger partial charge is 0.543 e. The van der Waals surface area contributed by atoms with E-state index in [2.05, 4.69) is 0 Å². The van der Waals surface area contributed by atoms with Crippen LogP contribution in [0.25, 0.3) is 0 Å². The fourth-order valence-electron chi connectivity index (χ4n) is 1.34. The van der Waals surface area contributed by atoms with Gasteiger partial charge >= 0.3 is 62.6 Å².